The standard InChI is InChI=1S/C12H15BrN2/c1-7(6-14)12-8(2)10-5-9(13)3-4-11(10)15-12/h3-5,7,15H,6,14H2,1-2H3. The predicted molar refractivity (Wildman–Crippen MR) is 68.2 cm³/mol. The van der Waals surface area contributed by atoms with Gasteiger partial charge in [0.15, 0.2) is 0 Å². The Morgan fingerprint density at radius 3 is 2.87 bits per heavy atom. The number of aromatic nitrogens is 1. The molecule has 0 bridgehead atoms. The Hall–Kier alpha value is -0.800. The summed E-state index contributed by atoms with van der Waals surface area (Å²) in [6.07, 6.45) is 0. The lowest BCUT2D eigenvalue weighted by atomic mass is 10.0. The predicted octanol–water partition coefficient (Wildman–Crippen LogP) is 3.30. The number of rotatable bonds is 2. The Morgan fingerprint density at radius 2 is 2.20 bits per heavy atom. The molecule has 0 amide bonds. The lowest BCUT2D eigenvalue weighted by Gasteiger charge is -2.06. The third-order valence-corrected chi connectivity index (χ3v) is 3.40. The van der Waals surface area contributed by atoms with Gasteiger partial charge in [-0.1, -0.05) is 22.9 Å². The molecule has 0 radical (unpaired) electrons. The zero-order valence-electron chi connectivity index (χ0n) is 8.97. The number of aromatic amines is 1. The van der Waals surface area contributed by atoms with Crippen LogP contribution in [0.15, 0.2) is 22.7 Å². The third-order valence-electron chi connectivity index (χ3n) is 2.91. The van der Waals surface area contributed by atoms with Crippen LogP contribution in [0, 0.1) is 6.92 Å². The van der Waals surface area contributed by atoms with Crippen molar-refractivity contribution in [1.82, 2.24) is 4.98 Å². The van der Waals surface area contributed by atoms with Gasteiger partial charge in [0.1, 0.15) is 0 Å². The van der Waals surface area contributed by atoms with Gasteiger partial charge in [-0.15, -0.1) is 0 Å². The van der Waals surface area contributed by atoms with Crippen molar-refractivity contribution < 1.29 is 0 Å². The number of nitrogens with one attached hydrogen (secondary N) is 1. The molecule has 1 unspecified atom stereocenters. The summed E-state index contributed by atoms with van der Waals surface area (Å²) in [5.41, 5.74) is 9.45. The van der Waals surface area contributed by atoms with E-state index in [0.29, 0.717) is 12.5 Å². The maximum atomic E-state index is 5.70. The van der Waals surface area contributed by atoms with Crippen LogP contribution in [0.3, 0.4) is 0 Å². The van der Waals surface area contributed by atoms with Gasteiger partial charge in [-0.3, -0.25) is 0 Å². The summed E-state index contributed by atoms with van der Waals surface area (Å²) >= 11 is 3.49. The molecule has 0 fully saturated rings. The summed E-state index contributed by atoms with van der Waals surface area (Å²) < 4.78 is 1.11. The normalized spacial score (nSPS) is 13.3. The number of halogens is 1. The summed E-state index contributed by atoms with van der Waals surface area (Å²) in [5, 5.41) is 1.28. The van der Waals surface area contributed by atoms with Crippen LogP contribution < -0.4 is 5.73 Å². The van der Waals surface area contributed by atoms with Crippen molar-refractivity contribution in [2.75, 3.05) is 6.54 Å². The highest BCUT2D eigenvalue weighted by atomic mass is 79.9. The first-order valence-electron chi connectivity index (χ1n) is 5.11. The van der Waals surface area contributed by atoms with E-state index >= 15 is 0 Å². The van der Waals surface area contributed by atoms with Crippen molar-refractivity contribution in [3.63, 3.8) is 0 Å². The average molecular weight is 267 g/mol. The van der Waals surface area contributed by atoms with Crippen molar-refractivity contribution in [3.05, 3.63) is 33.9 Å². The fourth-order valence-corrected chi connectivity index (χ4v) is 2.29. The minimum absolute atomic E-state index is 0.385. The van der Waals surface area contributed by atoms with Gasteiger partial charge in [0.25, 0.3) is 0 Å². The largest absolute Gasteiger partial charge is 0.358 e. The van der Waals surface area contributed by atoms with Crippen LogP contribution >= 0.6 is 15.9 Å². The molecular formula is C12H15BrN2. The minimum atomic E-state index is 0.385. The van der Waals surface area contributed by atoms with Crippen LogP contribution in [0.4, 0.5) is 0 Å². The van der Waals surface area contributed by atoms with Gasteiger partial charge in [-0.2, -0.15) is 0 Å². The first kappa shape index (κ1) is 10.7. The first-order chi connectivity index (χ1) is 7.13. The molecule has 15 heavy (non-hydrogen) atoms. The molecule has 2 rings (SSSR count). The number of aryl methyl sites for hydroxylation is 1. The van der Waals surface area contributed by atoms with E-state index in [1.54, 1.807) is 0 Å². The summed E-state index contributed by atoms with van der Waals surface area (Å²) in [7, 11) is 0. The Balaban J connectivity index is 2.64. The maximum Gasteiger partial charge on any atom is 0.0459 e. The van der Waals surface area contributed by atoms with Gasteiger partial charge >= 0.3 is 0 Å². The number of H-pyrrole nitrogens is 1. The third kappa shape index (κ3) is 1.82. The van der Waals surface area contributed by atoms with E-state index in [9.17, 15) is 0 Å². The Bertz CT molecular complexity index is 488. The van der Waals surface area contributed by atoms with E-state index in [0.717, 1.165) is 4.47 Å². The summed E-state index contributed by atoms with van der Waals surface area (Å²) in [6.45, 7) is 4.97. The van der Waals surface area contributed by atoms with Crippen molar-refractivity contribution in [1.29, 1.82) is 0 Å². The number of hydrogen-bond acceptors (Lipinski definition) is 1. The second-order valence-corrected chi connectivity index (χ2v) is 4.91. The lowest BCUT2D eigenvalue weighted by Crippen LogP contribution is -2.10. The van der Waals surface area contributed by atoms with Gasteiger partial charge in [-0.05, 0) is 30.7 Å². The fourth-order valence-electron chi connectivity index (χ4n) is 1.93. The van der Waals surface area contributed by atoms with Crippen LogP contribution in [0.1, 0.15) is 24.1 Å². The molecule has 80 valence electrons. The van der Waals surface area contributed by atoms with E-state index in [-0.39, 0.29) is 0 Å². The average Bonchev–Trinajstić information content (AvgIpc) is 2.55. The summed E-state index contributed by atoms with van der Waals surface area (Å²) in [6, 6.07) is 6.29. The van der Waals surface area contributed by atoms with Crippen molar-refractivity contribution in [2.45, 2.75) is 19.8 Å². The van der Waals surface area contributed by atoms with Crippen molar-refractivity contribution in [2.24, 2.45) is 5.73 Å². The van der Waals surface area contributed by atoms with Crippen molar-refractivity contribution in [3.8, 4) is 0 Å². The molecule has 0 saturated heterocycles. The summed E-state index contributed by atoms with van der Waals surface area (Å²) in [5.74, 6) is 0.385. The molecule has 0 aliphatic rings. The van der Waals surface area contributed by atoms with Crippen LogP contribution in [-0.4, -0.2) is 11.5 Å². The molecule has 1 aromatic carbocycles. The van der Waals surface area contributed by atoms with Gasteiger partial charge < -0.3 is 10.7 Å². The number of benzene rings is 1. The first-order valence-corrected chi connectivity index (χ1v) is 5.90. The monoisotopic (exact) mass is 266 g/mol. The zero-order chi connectivity index (χ0) is 11.0. The Labute approximate surface area is 98.0 Å². The minimum Gasteiger partial charge on any atom is -0.358 e. The van der Waals surface area contributed by atoms with Gasteiger partial charge in [0, 0.05) is 33.5 Å². The molecule has 1 atom stereocenters. The molecule has 2 aromatic rings. The SMILES string of the molecule is Cc1c(C(C)CN)[nH]c2ccc(Br)cc12. The Morgan fingerprint density at radius 1 is 1.47 bits per heavy atom. The van der Waals surface area contributed by atoms with E-state index in [2.05, 4.69) is 53.0 Å². The lowest BCUT2D eigenvalue weighted by molar-refractivity contribution is 0.748. The van der Waals surface area contributed by atoms with Gasteiger partial charge in [0.2, 0.25) is 0 Å². The molecule has 1 aromatic heterocycles. The molecule has 2 nitrogen and oxygen atoms in total. The molecule has 0 spiro atoms. The molecular weight excluding hydrogens is 252 g/mol. The molecule has 3 heteroatoms. The van der Waals surface area contributed by atoms with E-state index in [1.807, 2.05) is 0 Å². The van der Waals surface area contributed by atoms with E-state index in [4.69, 9.17) is 5.73 Å². The van der Waals surface area contributed by atoms with Crippen LogP contribution in [0.5, 0.6) is 0 Å². The van der Waals surface area contributed by atoms with Crippen LogP contribution in [-0.2, 0) is 0 Å². The highest BCUT2D eigenvalue weighted by Crippen LogP contribution is 2.28. The van der Waals surface area contributed by atoms with Gasteiger partial charge in [-0.25, -0.2) is 0 Å². The second kappa shape index (κ2) is 3.99. The van der Waals surface area contributed by atoms with E-state index in [1.165, 1.54) is 22.2 Å². The molecule has 3 N–H and O–H groups in total. The highest BCUT2D eigenvalue weighted by Gasteiger charge is 2.12. The second-order valence-electron chi connectivity index (χ2n) is 3.99. The number of hydrogen-bond donors (Lipinski definition) is 2. The van der Waals surface area contributed by atoms with E-state index < -0.39 is 0 Å². The molecule has 0 aliphatic carbocycles. The molecule has 0 aliphatic heterocycles. The number of fused-ring (bicyclic) bond motifs is 1. The van der Waals surface area contributed by atoms with Gasteiger partial charge in [0.05, 0.1) is 0 Å². The fraction of sp³-hybridized carbons (Fsp3) is 0.333. The van der Waals surface area contributed by atoms with Crippen LogP contribution in [0.2, 0.25) is 0 Å². The van der Waals surface area contributed by atoms with Crippen LogP contribution in [0.25, 0.3) is 10.9 Å². The number of nitrogens with two attached hydrogens (primary N) is 1. The van der Waals surface area contributed by atoms with Crippen molar-refractivity contribution >= 4 is 26.8 Å². The molecule has 1 heterocycles. The maximum absolute atomic E-state index is 5.70. The smallest absolute Gasteiger partial charge is 0.0459 e. The quantitative estimate of drug-likeness (QED) is 0.861. The Kier molecular flexibility index (Phi) is 2.85. The molecule has 0 saturated carbocycles. The topological polar surface area (TPSA) is 41.8 Å². The zero-order valence-corrected chi connectivity index (χ0v) is 10.6. The summed E-state index contributed by atoms with van der Waals surface area (Å²) in [4.78, 5) is 3.44. The highest BCUT2D eigenvalue weighted by molar-refractivity contribution is 9.10.